The molecule has 1 aromatic heterocycles. The van der Waals surface area contributed by atoms with E-state index in [4.69, 9.17) is 0 Å². The van der Waals surface area contributed by atoms with Crippen molar-refractivity contribution in [1.29, 1.82) is 0 Å². The summed E-state index contributed by atoms with van der Waals surface area (Å²) in [5.74, 6) is 0.829. The number of likely N-dealkylation sites (tertiary alicyclic amines) is 1. The molecule has 1 aliphatic heterocycles. The van der Waals surface area contributed by atoms with E-state index in [0.717, 1.165) is 31.8 Å². The van der Waals surface area contributed by atoms with E-state index in [2.05, 4.69) is 20.5 Å². The minimum Gasteiger partial charge on any atom is -0.345 e. The van der Waals surface area contributed by atoms with Gasteiger partial charge >= 0.3 is 0 Å². The number of nitrogens with zero attached hydrogens (tertiary/aromatic N) is 4. The standard InChI is InChI=1S/C14H21N5O/c20-14(13-9-19(17-16-13)12-4-5-12)15-11-7-18(8-11)6-10-2-1-3-10/h9-12H,1-8H2,(H,15,20). The van der Waals surface area contributed by atoms with Crippen LogP contribution in [0.2, 0.25) is 0 Å². The van der Waals surface area contributed by atoms with E-state index in [-0.39, 0.29) is 11.9 Å². The Morgan fingerprint density at radius 2 is 2.10 bits per heavy atom. The molecule has 2 saturated carbocycles. The maximum absolute atomic E-state index is 12.1. The minimum absolute atomic E-state index is 0.0785. The fourth-order valence-corrected chi connectivity index (χ4v) is 3.01. The molecule has 1 saturated heterocycles. The van der Waals surface area contributed by atoms with Gasteiger partial charge in [-0.25, -0.2) is 4.68 Å². The smallest absolute Gasteiger partial charge is 0.273 e. The Balaban J connectivity index is 1.23. The highest BCUT2D eigenvalue weighted by atomic mass is 16.2. The number of amides is 1. The molecule has 2 aliphatic carbocycles. The van der Waals surface area contributed by atoms with Crippen LogP contribution in [0.5, 0.6) is 0 Å². The van der Waals surface area contributed by atoms with Crippen molar-refractivity contribution < 1.29 is 4.79 Å². The fourth-order valence-electron chi connectivity index (χ4n) is 3.01. The first-order chi connectivity index (χ1) is 9.78. The molecule has 1 aromatic rings. The summed E-state index contributed by atoms with van der Waals surface area (Å²) in [6, 6.07) is 0.763. The topological polar surface area (TPSA) is 63.1 Å². The molecule has 20 heavy (non-hydrogen) atoms. The lowest BCUT2D eigenvalue weighted by Crippen LogP contribution is -2.60. The zero-order valence-electron chi connectivity index (χ0n) is 11.7. The van der Waals surface area contributed by atoms with Gasteiger partial charge < -0.3 is 5.32 Å². The number of carbonyl (C=O) groups is 1. The Hall–Kier alpha value is -1.43. The number of carbonyl (C=O) groups excluding carboxylic acids is 1. The van der Waals surface area contributed by atoms with Crippen LogP contribution in [-0.2, 0) is 0 Å². The number of rotatable bonds is 5. The second-order valence-corrected chi connectivity index (χ2v) is 6.50. The highest BCUT2D eigenvalue weighted by Gasteiger charge is 2.32. The lowest BCUT2D eigenvalue weighted by molar-refractivity contribution is 0.0689. The van der Waals surface area contributed by atoms with Gasteiger partial charge in [0.05, 0.1) is 18.3 Å². The predicted molar refractivity (Wildman–Crippen MR) is 73.3 cm³/mol. The fraction of sp³-hybridized carbons (Fsp3) is 0.786. The third-order valence-electron chi connectivity index (χ3n) is 4.70. The van der Waals surface area contributed by atoms with Crippen LogP contribution in [0.3, 0.4) is 0 Å². The van der Waals surface area contributed by atoms with Gasteiger partial charge in [-0.2, -0.15) is 0 Å². The second-order valence-electron chi connectivity index (χ2n) is 6.50. The second kappa shape index (κ2) is 4.84. The van der Waals surface area contributed by atoms with E-state index in [0.29, 0.717) is 11.7 Å². The van der Waals surface area contributed by atoms with Crippen molar-refractivity contribution in [1.82, 2.24) is 25.2 Å². The van der Waals surface area contributed by atoms with Crippen LogP contribution < -0.4 is 5.32 Å². The lowest BCUT2D eigenvalue weighted by Gasteiger charge is -2.43. The van der Waals surface area contributed by atoms with Crippen molar-refractivity contribution >= 4 is 5.91 Å². The number of aromatic nitrogens is 3. The molecule has 3 fully saturated rings. The van der Waals surface area contributed by atoms with E-state index in [1.54, 1.807) is 6.20 Å². The highest BCUT2D eigenvalue weighted by molar-refractivity contribution is 5.92. The van der Waals surface area contributed by atoms with Crippen LogP contribution in [0, 0.1) is 5.92 Å². The first-order valence-electron chi connectivity index (χ1n) is 7.73. The molecule has 0 aromatic carbocycles. The van der Waals surface area contributed by atoms with Gasteiger partial charge in [0.1, 0.15) is 0 Å². The van der Waals surface area contributed by atoms with Crippen molar-refractivity contribution in [2.45, 2.75) is 44.2 Å². The highest BCUT2D eigenvalue weighted by Crippen LogP contribution is 2.33. The van der Waals surface area contributed by atoms with Gasteiger partial charge in [0.2, 0.25) is 0 Å². The molecule has 4 rings (SSSR count). The molecule has 108 valence electrons. The van der Waals surface area contributed by atoms with E-state index in [9.17, 15) is 4.79 Å². The Morgan fingerprint density at radius 1 is 1.30 bits per heavy atom. The van der Waals surface area contributed by atoms with Crippen molar-refractivity contribution in [2.75, 3.05) is 19.6 Å². The summed E-state index contributed by atoms with van der Waals surface area (Å²) in [4.78, 5) is 14.5. The number of nitrogens with one attached hydrogen (secondary N) is 1. The van der Waals surface area contributed by atoms with Gasteiger partial charge in [0.25, 0.3) is 5.91 Å². The van der Waals surface area contributed by atoms with E-state index >= 15 is 0 Å². The first-order valence-corrected chi connectivity index (χ1v) is 7.73. The van der Waals surface area contributed by atoms with E-state index in [1.165, 1.54) is 25.8 Å². The molecule has 6 heteroatoms. The molecule has 0 bridgehead atoms. The molecule has 1 N–H and O–H groups in total. The molecule has 1 amide bonds. The normalized spacial score (nSPS) is 24.2. The van der Waals surface area contributed by atoms with E-state index in [1.807, 2.05) is 4.68 Å². The maximum atomic E-state index is 12.1. The lowest BCUT2D eigenvalue weighted by atomic mass is 9.84. The third-order valence-corrected chi connectivity index (χ3v) is 4.70. The number of hydrogen-bond donors (Lipinski definition) is 1. The van der Waals surface area contributed by atoms with Crippen LogP contribution in [0.4, 0.5) is 0 Å². The average molecular weight is 275 g/mol. The van der Waals surface area contributed by atoms with Gasteiger partial charge in [0, 0.05) is 19.6 Å². The largest absolute Gasteiger partial charge is 0.345 e. The average Bonchev–Trinajstić information content (AvgIpc) is 3.07. The van der Waals surface area contributed by atoms with Crippen LogP contribution >= 0.6 is 0 Å². The maximum Gasteiger partial charge on any atom is 0.273 e. The van der Waals surface area contributed by atoms with Crippen molar-refractivity contribution in [3.05, 3.63) is 11.9 Å². The van der Waals surface area contributed by atoms with Gasteiger partial charge in [-0.1, -0.05) is 11.6 Å². The summed E-state index contributed by atoms with van der Waals surface area (Å²) >= 11 is 0. The van der Waals surface area contributed by atoms with Crippen molar-refractivity contribution in [2.24, 2.45) is 5.92 Å². The van der Waals surface area contributed by atoms with Crippen LogP contribution in [0.25, 0.3) is 0 Å². The Labute approximate surface area is 118 Å². The van der Waals surface area contributed by atoms with E-state index < -0.39 is 0 Å². The van der Waals surface area contributed by atoms with Crippen molar-refractivity contribution in [3.63, 3.8) is 0 Å². The molecule has 3 aliphatic rings. The molecular formula is C14H21N5O. The number of hydrogen-bond acceptors (Lipinski definition) is 4. The Kier molecular flexibility index (Phi) is 2.98. The third kappa shape index (κ3) is 2.44. The minimum atomic E-state index is -0.0785. The molecular weight excluding hydrogens is 254 g/mol. The molecule has 2 heterocycles. The zero-order valence-corrected chi connectivity index (χ0v) is 11.7. The summed E-state index contributed by atoms with van der Waals surface area (Å²) in [6.45, 7) is 3.18. The molecule has 0 radical (unpaired) electrons. The zero-order chi connectivity index (χ0) is 13.5. The summed E-state index contributed by atoms with van der Waals surface area (Å²) < 4.78 is 1.82. The van der Waals surface area contributed by atoms with Gasteiger partial charge in [-0.3, -0.25) is 9.69 Å². The molecule has 0 spiro atoms. The SMILES string of the molecule is O=C(NC1CN(CC2CCC2)C1)c1cn(C2CC2)nn1. The van der Waals surface area contributed by atoms with Gasteiger partial charge in [-0.05, 0) is 31.6 Å². The summed E-state index contributed by atoms with van der Waals surface area (Å²) in [5.41, 5.74) is 0.453. The van der Waals surface area contributed by atoms with Crippen LogP contribution in [0.1, 0.15) is 48.6 Å². The van der Waals surface area contributed by atoms with Gasteiger partial charge in [0.15, 0.2) is 5.69 Å². The van der Waals surface area contributed by atoms with Gasteiger partial charge in [-0.15, -0.1) is 5.10 Å². The molecule has 6 nitrogen and oxygen atoms in total. The Morgan fingerprint density at radius 3 is 2.75 bits per heavy atom. The summed E-state index contributed by atoms with van der Waals surface area (Å²) in [5, 5.41) is 11.0. The molecule has 0 atom stereocenters. The summed E-state index contributed by atoms with van der Waals surface area (Å²) in [6.07, 6.45) is 8.26. The first kappa shape index (κ1) is 12.3. The Bertz CT molecular complexity index is 499. The van der Waals surface area contributed by atoms with Crippen molar-refractivity contribution in [3.8, 4) is 0 Å². The quantitative estimate of drug-likeness (QED) is 0.864. The van der Waals surface area contributed by atoms with Crippen LogP contribution in [-0.4, -0.2) is 51.5 Å². The molecule has 0 unspecified atom stereocenters. The monoisotopic (exact) mass is 275 g/mol. The van der Waals surface area contributed by atoms with Crippen LogP contribution in [0.15, 0.2) is 6.20 Å². The summed E-state index contributed by atoms with van der Waals surface area (Å²) in [7, 11) is 0. The predicted octanol–water partition coefficient (Wildman–Crippen LogP) is 0.827.